The first kappa shape index (κ1) is 17.1. The predicted octanol–water partition coefficient (Wildman–Crippen LogP) is 2.04. The van der Waals surface area contributed by atoms with Gasteiger partial charge in [0.25, 0.3) is 0 Å². The second-order valence-electron chi connectivity index (χ2n) is 4.86. The van der Waals surface area contributed by atoms with Crippen LogP contribution in [0.4, 0.5) is 10.1 Å². The van der Waals surface area contributed by atoms with Crippen molar-refractivity contribution in [3.05, 3.63) is 30.1 Å². The van der Waals surface area contributed by atoms with Crippen LogP contribution in [0.2, 0.25) is 0 Å². The number of nitrogens with one attached hydrogen (secondary N) is 1. The zero-order valence-electron chi connectivity index (χ0n) is 12.6. The van der Waals surface area contributed by atoms with Gasteiger partial charge in [0.15, 0.2) is 0 Å². The molecule has 0 unspecified atom stereocenters. The Kier molecular flexibility index (Phi) is 6.81. The molecular formula is C15H21FN2O3. The molecule has 0 radical (unpaired) electrons. The zero-order valence-corrected chi connectivity index (χ0v) is 12.6. The highest BCUT2D eigenvalue weighted by Crippen LogP contribution is 2.08. The third-order valence-electron chi connectivity index (χ3n) is 2.84. The van der Waals surface area contributed by atoms with E-state index in [0.717, 1.165) is 0 Å². The third kappa shape index (κ3) is 6.35. The van der Waals surface area contributed by atoms with Crippen LogP contribution < -0.4 is 5.32 Å². The Morgan fingerprint density at radius 2 is 1.86 bits per heavy atom. The van der Waals surface area contributed by atoms with Crippen LogP contribution in [0, 0.1) is 5.82 Å². The Bertz CT molecular complexity index is 474. The molecular weight excluding hydrogens is 275 g/mol. The van der Waals surface area contributed by atoms with E-state index < -0.39 is 0 Å². The van der Waals surface area contributed by atoms with Gasteiger partial charge in [-0.15, -0.1) is 0 Å². The molecule has 0 bridgehead atoms. The lowest BCUT2D eigenvalue weighted by Crippen LogP contribution is -2.41. The van der Waals surface area contributed by atoms with Crippen LogP contribution in [0.3, 0.4) is 0 Å². The average Bonchev–Trinajstić information content (AvgIpc) is 2.41. The second-order valence-corrected chi connectivity index (χ2v) is 4.86. The normalized spacial score (nSPS) is 10.8. The fraction of sp³-hybridized carbons (Fsp3) is 0.467. The molecule has 0 aliphatic heterocycles. The van der Waals surface area contributed by atoms with Gasteiger partial charge in [0.1, 0.15) is 5.82 Å². The van der Waals surface area contributed by atoms with Gasteiger partial charge in [0.2, 0.25) is 5.91 Å². The topological polar surface area (TPSA) is 58.6 Å². The van der Waals surface area contributed by atoms with Gasteiger partial charge in [0.05, 0.1) is 19.7 Å². The highest BCUT2D eigenvalue weighted by Gasteiger charge is 2.18. The van der Waals surface area contributed by atoms with E-state index in [4.69, 9.17) is 4.74 Å². The molecule has 1 rings (SSSR count). The number of nitrogens with zero attached hydrogens (tertiary/aromatic N) is 1. The van der Waals surface area contributed by atoms with Crippen LogP contribution in [0.25, 0.3) is 0 Å². The van der Waals surface area contributed by atoms with Gasteiger partial charge in [0, 0.05) is 11.7 Å². The summed E-state index contributed by atoms with van der Waals surface area (Å²) in [7, 11) is 0. The predicted molar refractivity (Wildman–Crippen MR) is 78.4 cm³/mol. The number of hydrogen-bond acceptors (Lipinski definition) is 4. The summed E-state index contributed by atoms with van der Waals surface area (Å²) < 4.78 is 17.7. The Labute approximate surface area is 124 Å². The first-order chi connectivity index (χ1) is 9.92. The van der Waals surface area contributed by atoms with Gasteiger partial charge in [-0.25, -0.2) is 4.39 Å². The van der Waals surface area contributed by atoms with Crippen LogP contribution in [0.1, 0.15) is 20.8 Å². The maximum Gasteiger partial charge on any atom is 0.320 e. The van der Waals surface area contributed by atoms with Crippen molar-refractivity contribution in [1.29, 1.82) is 0 Å². The molecule has 0 heterocycles. The maximum atomic E-state index is 12.8. The lowest BCUT2D eigenvalue weighted by molar-refractivity contribution is -0.145. The van der Waals surface area contributed by atoms with Gasteiger partial charge >= 0.3 is 5.97 Å². The number of carbonyl (C=O) groups excluding carboxylic acids is 2. The maximum absolute atomic E-state index is 12.8. The van der Waals surface area contributed by atoms with E-state index in [-0.39, 0.29) is 36.8 Å². The van der Waals surface area contributed by atoms with Crippen molar-refractivity contribution in [1.82, 2.24) is 4.90 Å². The number of rotatable bonds is 7. The van der Waals surface area contributed by atoms with Gasteiger partial charge in [-0.2, -0.15) is 0 Å². The molecule has 0 aliphatic carbocycles. The Hall–Kier alpha value is -1.95. The summed E-state index contributed by atoms with van der Waals surface area (Å²) in [6, 6.07) is 5.54. The Balaban J connectivity index is 2.56. The SMILES string of the molecule is CCOC(=O)CN(CC(=O)Nc1ccc(F)cc1)C(C)C. The van der Waals surface area contributed by atoms with Crippen molar-refractivity contribution in [3.8, 4) is 0 Å². The van der Waals surface area contributed by atoms with Gasteiger partial charge in [-0.3, -0.25) is 14.5 Å². The summed E-state index contributed by atoms with van der Waals surface area (Å²) in [5, 5.41) is 2.66. The fourth-order valence-electron chi connectivity index (χ4n) is 1.71. The summed E-state index contributed by atoms with van der Waals surface area (Å²) in [5.74, 6) is -0.987. The minimum absolute atomic E-state index is 0.0216. The average molecular weight is 296 g/mol. The molecule has 1 N–H and O–H groups in total. The van der Waals surface area contributed by atoms with E-state index in [1.165, 1.54) is 24.3 Å². The van der Waals surface area contributed by atoms with Gasteiger partial charge < -0.3 is 10.1 Å². The number of carbonyl (C=O) groups is 2. The molecule has 0 saturated carbocycles. The summed E-state index contributed by atoms with van der Waals surface area (Å²) in [4.78, 5) is 25.2. The number of hydrogen-bond donors (Lipinski definition) is 1. The molecule has 1 amide bonds. The fourth-order valence-corrected chi connectivity index (χ4v) is 1.71. The molecule has 0 aromatic heterocycles. The van der Waals surface area contributed by atoms with Crippen molar-refractivity contribution in [2.45, 2.75) is 26.8 Å². The highest BCUT2D eigenvalue weighted by molar-refractivity contribution is 5.92. The van der Waals surface area contributed by atoms with Gasteiger partial charge in [-0.05, 0) is 45.0 Å². The molecule has 21 heavy (non-hydrogen) atoms. The highest BCUT2D eigenvalue weighted by atomic mass is 19.1. The second kappa shape index (κ2) is 8.36. The summed E-state index contributed by atoms with van der Waals surface area (Å²) in [6.07, 6.45) is 0. The number of halogens is 1. The smallest absolute Gasteiger partial charge is 0.320 e. The molecule has 0 atom stereocenters. The Morgan fingerprint density at radius 1 is 1.24 bits per heavy atom. The minimum Gasteiger partial charge on any atom is -0.465 e. The lowest BCUT2D eigenvalue weighted by Gasteiger charge is -2.24. The van der Waals surface area contributed by atoms with E-state index in [1.54, 1.807) is 11.8 Å². The molecule has 0 saturated heterocycles. The first-order valence-corrected chi connectivity index (χ1v) is 6.87. The van der Waals surface area contributed by atoms with Crippen LogP contribution in [0.15, 0.2) is 24.3 Å². The van der Waals surface area contributed by atoms with E-state index in [1.807, 2.05) is 13.8 Å². The zero-order chi connectivity index (χ0) is 15.8. The van der Waals surface area contributed by atoms with E-state index in [2.05, 4.69) is 5.32 Å². The van der Waals surface area contributed by atoms with Crippen molar-refractivity contribution in [2.75, 3.05) is 25.0 Å². The molecule has 5 nitrogen and oxygen atoms in total. The van der Waals surface area contributed by atoms with Crippen molar-refractivity contribution in [3.63, 3.8) is 0 Å². The quantitative estimate of drug-likeness (QED) is 0.782. The number of benzene rings is 1. The van der Waals surface area contributed by atoms with Crippen LogP contribution in [0.5, 0.6) is 0 Å². The number of ether oxygens (including phenoxy) is 1. The van der Waals surface area contributed by atoms with E-state index >= 15 is 0 Å². The van der Waals surface area contributed by atoms with E-state index in [9.17, 15) is 14.0 Å². The third-order valence-corrected chi connectivity index (χ3v) is 2.84. The van der Waals surface area contributed by atoms with Crippen molar-refractivity contribution >= 4 is 17.6 Å². The molecule has 6 heteroatoms. The summed E-state index contributed by atoms with van der Waals surface area (Å²) >= 11 is 0. The summed E-state index contributed by atoms with van der Waals surface area (Å²) in [5.41, 5.74) is 0.515. The molecule has 0 aliphatic rings. The molecule has 116 valence electrons. The number of anilines is 1. The van der Waals surface area contributed by atoms with Crippen molar-refractivity contribution in [2.24, 2.45) is 0 Å². The monoisotopic (exact) mass is 296 g/mol. The van der Waals surface area contributed by atoms with Crippen LogP contribution in [-0.4, -0.2) is 42.5 Å². The minimum atomic E-state index is -0.362. The first-order valence-electron chi connectivity index (χ1n) is 6.87. The number of esters is 1. The largest absolute Gasteiger partial charge is 0.465 e. The van der Waals surface area contributed by atoms with Crippen LogP contribution in [-0.2, 0) is 14.3 Å². The van der Waals surface area contributed by atoms with Crippen LogP contribution >= 0.6 is 0 Å². The molecule has 1 aromatic rings. The molecule has 1 aromatic carbocycles. The molecule has 0 spiro atoms. The number of amides is 1. The van der Waals surface area contributed by atoms with Gasteiger partial charge in [-0.1, -0.05) is 0 Å². The standard InChI is InChI=1S/C15H21FN2O3/c1-4-21-15(20)10-18(11(2)3)9-14(19)17-13-7-5-12(16)6-8-13/h5-8,11H,4,9-10H2,1-3H3,(H,17,19). The van der Waals surface area contributed by atoms with Crippen molar-refractivity contribution < 1.29 is 18.7 Å². The summed E-state index contributed by atoms with van der Waals surface area (Å²) in [6.45, 7) is 5.95. The molecule has 0 fully saturated rings. The van der Waals surface area contributed by atoms with E-state index in [0.29, 0.717) is 12.3 Å². The Morgan fingerprint density at radius 3 is 2.38 bits per heavy atom. The lowest BCUT2D eigenvalue weighted by atomic mass is 10.3.